The summed E-state index contributed by atoms with van der Waals surface area (Å²) in [5, 5.41) is 8.22. The van der Waals surface area contributed by atoms with Gasteiger partial charge in [0.25, 0.3) is 5.91 Å². The minimum absolute atomic E-state index is 0.0208. The number of carbonyl (C=O) groups excluding carboxylic acids is 2. The Morgan fingerprint density at radius 3 is 2.35 bits per heavy atom. The van der Waals surface area contributed by atoms with Crippen LogP contribution >= 0.6 is 11.6 Å². The van der Waals surface area contributed by atoms with Crippen molar-refractivity contribution in [3.8, 4) is 5.69 Å². The molecule has 1 saturated heterocycles. The number of para-hydroxylation sites is 2. The third-order valence-electron chi connectivity index (χ3n) is 5.64. The second-order valence-electron chi connectivity index (χ2n) is 7.92. The summed E-state index contributed by atoms with van der Waals surface area (Å²) in [4.78, 5) is 27.5. The Labute approximate surface area is 186 Å². The maximum Gasteiger partial charge on any atom is 0.253 e. The van der Waals surface area contributed by atoms with Gasteiger partial charge in [0.15, 0.2) is 0 Å². The van der Waals surface area contributed by atoms with Crippen LogP contribution in [0.3, 0.4) is 0 Å². The van der Waals surface area contributed by atoms with Gasteiger partial charge in [-0.3, -0.25) is 9.59 Å². The van der Waals surface area contributed by atoms with Gasteiger partial charge in [0.05, 0.1) is 17.1 Å². The highest BCUT2D eigenvalue weighted by Crippen LogP contribution is 2.25. The number of nitrogens with one attached hydrogen (secondary N) is 1. The fraction of sp³-hybridized carbons (Fsp3) is 0.292. The number of aryl methyl sites for hydroxylation is 2. The number of aromatic nitrogens is 2. The zero-order valence-corrected chi connectivity index (χ0v) is 18.4. The molecular weight excluding hydrogens is 412 g/mol. The van der Waals surface area contributed by atoms with Crippen molar-refractivity contribution in [1.82, 2.24) is 14.7 Å². The summed E-state index contributed by atoms with van der Waals surface area (Å²) < 4.78 is 1.85. The molecule has 3 aromatic rings. The van der Waals surface area contributed by atoms with E-state index in [9.17, 15) is 9.59 Å². The number of anilines is 1. The Kier molecular flexibility index (Phi) is 6.09. The predicted octanol–water partition coefficient (Wildman–Crippen LogP) is 4.63. The molecule has 4 rings (SSSR count). The van der Waals surface area contributed by atoms with Crippen LogP contribution in [-0.4, -0.2) is 39.6 Å². The lowest BCUT2D eigenvalue weighted by Gasteiger charge is -2.31. The summed E-state index contributed by atoms with van der Waals surface area (Å²) in [6, 6.07) is 16.6. The maximum absolute atomic E-state index is 13.0. The number of piperidine rings is 1. The van der Waals surface area contributed by atoms with E-state index in [0.717, 1.165) is 22.8 Å². The first-order valence-corrected chi connectivity index (χ1v) is 10.8. The van der Waals surface area contributed by atoms with Gasteiger partial charge in [0.2, 0.25) is 5.91 Å². The molecule has 7 heteroatoms. The van der Waals surface area contributed by atoms with Crippen LogP contribution < -0.4 is 5.32 Å². The lowest BCUT2D eigenvalue weighted by atomic mass is 9.95. The van der Waals surface area contributed by atoms with E-state index in [1.165, 1.54) is 0 Å². The van der Waals surface area contributed by atoms with Crippen molar-refractivity contribution < 1.29 is 9.59 Å². The molecule has 1 aliphatic heterocycles. The van der Waals surface area contributed by atoms with Crippen molar-refractivity contribution in [3.05, 3.63) is 76.6 Å². The van der Waals surface area contributed by atoms with Crippen molar-refractivity contribution in [1.29, 1.82) is 0 Å². The molecule has 160 valence electrons. The number of hydrogen-bond donors (Lipinski definition) is 1. The van der Waals surface area contributed by atoms with Crippen molar-refractivity contribution >= 4 is 29.1 Å². The normalized spacial score (nSPS) is 14.5. The van der Waals surface area contributed by atoms with Gasteiger partial charge in [-0.25, -0.2) is 4.68 Å². The summed E-state index contributed by atoms with van der Waals surface area (Å²) >= 11 is 5.91. The van der Waals surface area contributed by atoms with Crippen molar-refractivity contribution in [2.45, 2.75) is 26.7 Å². The highest BCUT2D eigenvalue weighted by atomic mass is 35.5. The van der Waals surface area contributed by atoms with Crippen LogP contribution in [0.25, 0.3) is 5.69 Å². The van der Waals surface area contributed by atoms with Gasteiger partial charge < -0.3 is 10.2 Å². The van der Waals surface area contributed by atoms with E-state index in [1.54, 1.807) is 29.2 Å². The second kappa shape index (κ2) is 8.94. The molecule has 2 heterocycles. The number of benzene rings is 2. The van der Waals surface area contributed by atoms with Crippen LogP contribution in [0.15, 0.2) is 54.6 Å². The minimum Gasteiger partial charge on any atom is -0.339 e. The molecule has 6 nitrogen and oxygen atoms in total. The van der Waals surface area contributed by atoms with Crippen LogP contribution in [0.1, 0.15) is 34.6 Å². The Morgan fingerprint density at radius 2 is 1.71 bits per heavy atom. The fourth-order valence-corrected chi connectivity index (χ4v) is 4.12. The molecule has 0 saturated carbocycles. The summed E-state index contributed by atoms with van der Waals surface area (Å²) in [6.45, 7) is 5.05. The molecule has 0 radical (unpaired) electrons. The number of halogens is 1. The van der Waals surface area contributed by atoms with E-state index in [1.807, 2.05) is 48.9 Å². The van der Waals surface area contributed by atoms with Crippen LogP contribution in [-0.2, 0) is 4.79 Å². The average molecular weight is 437 g/mol. The molecule has 31 heavy (non-hydrogen) atoms. The number of nitrogens with zero attached hydrogens (tertiary/aromatic N) is 3. The molecule has 1 aliphatic rings. The van der Waals surface area contributed by atoms with Crippen LogP contribution in [0.5, 0.6) is 0 Å². The van der Waals surface area contributed by atoms with Crippen LogP contribution in [0, 0.1) is 19.8 Å². The van der Waals surface area contributed by atoms with Gasteiger partial charge in [-0.15, -0.1) is 0 Å². The summed E-state index contributed by atoms with van der Waals surface area (Å²) in [5.41, 5.74) is 4.13. The number of amides is 2. The third kappa shape index (κ3) is 4.64. The van der Waals surface area contributed by atoms with Crippen LogP contribution in [0.2, 0.25) is 5.02 Å². The smallest absolute Gasteiger partial charge is 0.253 e. The Balaban J connectivity index is 1.41. The van der Waals surface area contributed by atoms with Gasteiger partial charge in [-0.1, -0.05) is 23.7 Å². The molecule has 1 N–H and O–H groups in total. The first-order chi connectivity index (χ1) is 14.9. The summed E-state index contributed by atoms with van der Waals surface area (Å²) in [5.74, 6) is -0.180. The molecule has 1 fully saturated rings. The Morgan fingerprint density at radius 1 is 1.03 bits per heavy atom. The molecule has 1 aromatic heterocycles. The second-order valence-corrected chi connectivity index (χ2v) is 8.36. The molecule has 0 atom stereocenters. The molecule has 0 bridgehead atoms. The van der Waals surface area contributed by atoms with E-state index < -0.39 is 0 Å². The van der Waals surface area contributed by atoms with E-state index in [0.29, 0.717) is 36.5 Å². The van der Waals surface area contributed by atoms with Crippen molar-refractivity contribution in [3.63, 3.8) is 0 Å². The zero-order chi connectivity index (χ0) is 22.0. The quantitative estimate of drug-likeness (QED) is 0.648. The van der Waals surface area contributed by atoms with E-state index >= 15 is 0 Å². The Bertz CT molecular complexity index is 1100. The van der Waals surface area contributed by atoms with Crippen molar-refractivity contribution in [2.24, 2.45) is 5.92 Å². The molecular formula is C24H25ClN4O2. The molecule has 0 spiro atoms. The SMILES string of the molecule is Cc1cc(C)n(-c2ccccc2NC(=O)C2CCN(C(=O)c3ccc(Cl)cc3)CC2)n1. The lowest BCUT2D eigenvalue weighted by molar-refractivity contribution is -0.121. The van der Waals surface area contributed by atoms with E-state index in [-0.39, 0.29) is 17.7 Å². The van der Waals surface area contributed by atoms with Gasteiger partial charge in [-0.2, -0.15) is 5.10 Å². The van der Waals surface area contributed by atoms with Gasteiger partial charge >= 0.3 is 0 Å². The highest BCUT2D eigenvalue weighted by molar-refractivity contribution is 6.30. The first kappa shape index (κ1) is 21.1. The van der Waals surface area contributed by atoms with Crippen LogP contribution in [0.4, 0.5) is 5.69 Å². The topological polar surface area (TPSA) is 67.2 Å². The van der Waals surface area contributed by atoms with E-state index in [4.69, 9.17) is 11.6 Å². The standard InChI is InChI=1S/C24H25ClN4O2/c1-16-15-17(2)29(27-16)22-6-4-3-5-21(22)26-23(30)18-11-13-28(14-12-18)24(31)19-7-9-20(25)10-8-19/h3-10,15,18H,11-14H2,1-2H3,(H,26,30). The number of rotatable bonds is 4. The minimum atomic E-state index is -0.136. The summed E-state index contributed by atoms with van der Waals surface area (Å²) in [6.07, 6.45) is 1.26. The maximum atomic E-state index is 13.0. The molecule has 2 aromatic carbocycles. The average Bonchev–Trinajstić information content (AvgIpc) is 3.12. The lowest BCUT2D eigenvalue weighted by Crippen LogP contribution is -2.41. The van der Waals surface area contributed by atoms with Gasteiger partial charge in [0, 0.05) is 35.3 Å². The largest absolute Gasteiger partial charge is 0.339 e. The summed E-state index contributed by atoms with van der Waals surface area (Å²) in [7, 11) is 0. The van der Waals surface area contributed by atoms with Crippen molar-refractivity contribution in [2.75, 3.05) is 18.4 Å². The van der Waals surface area contributed by atoms with Gasteiger partial charge in [0.1, 0.15) is 0 Å². The molecule has 0 unspecified atom stereocenters. The molecule has 0 aliphatic carbocycles. The third-order valence-corrected chi connectivity index (χ3v) is 5.90. The Hall–Kier alpha value is -3.12. The number of likely N-dealkylation sites (tertiary alicyclic amines) is 1. The fourth-order valence-electron chi connectivity index (χ4n) is 3.99. The highest BCUT2D eigenvalue weighted by Gasteiger charge is 2.28. The van der Waals surface area contributed by atoms with Gasteiger partial charge in [-0.05, 0) is 69.2 Å². The number of hydrogen-bond acceptors (Lipinski definition) is 3. The zero-order valence-electron chi connectivity index (χ0n) is 17.6. The monoisotopic (exact) mass is 436 g/mol. The molecule has 2 amide bonds. The predicted molar refractivity (Wildman–Crippen MR) is 122 cm³/mol. The van der Waals surface area contributed by atoms with E-state index in [2.05, 4.69) is 10.4 Å². The number of carbonyl (C=O) groups is 2. The first-order valence-electron chi connectivity index (χ1n) is 10.4.